The molecule has 0 aliphatic carbocycles. The first kappa shape index (κ1) is 20.9. The molecule has 0 spiro atoms. The molecular formula is C22H31FN6O. The van der Waals surface area contributed by atoms with E-state index in [9.17, 15) is 9.18 Å². The molecule has 0 bridgehead atoms. The number of piperidine rings is 1. The summed E-state index contributed by atoms with van der Waals surface area (Å²) in [6.45, 7) is 6.67. The second-order valence-corrected chi connectivity index (χ2v) is 8.68. The maximum Gasteiger partial charge on any atom is 0.223 e. The van der Waals surface area contributed by atoms with E-state index in [-0.39, 0.29) is 17.8 Å². The van der Waals surface area contributed by atoms with E-state index >= 15 is 0 Å². The van der Waals surface area contributed by atoms with Gasteiger partial charge in [0.1, 0.15) is 5.82 Å². The molecule has 2 saturated heterocycles. The molecule has 2 fully saturated rings. The van der Waals surface area contributed by atoms with Crippen LogP contribution in [-0.4, -0.2) is 55.5 Å². The van der Waals surface area contributed by atoms with Crippen molar-refractivity contribution in [2.45, 2.75) is 64.6 Å². The molecule has 7 nitrogen and oxygen atoms in total. The third-order valence-corrected chi connectivity index (χ3v) is 6.44. The van der Waals surface area contributed by atoms with Gasteiger partial charge in [0.05, 0.1) is 12.6 Å². The Morgan fingerprint density at radius 3 is 2.67 bits per heavy atom. The number of benzene rings is 1. The summed E-state index contributed by atoms with van der Waals surface area (Å²) in [5.74, 6) is 1.59. The summed E-state index contributed by atoms with van der Waals surface area (Å²) < 4.78 is 15.1. The molecule has 2 aliphatic rings. The van der Waals surface area contributed by atoms with Crippen molar-refractivity contribution in [1.29, 1.82) is 0 Å². The molecule has 1 atom stereocenters. The largest absolute Gasteiger partial charge is 0.336 e. The van der Waals surface area contributed by atoms with Crippen LogP contribution >= 0.6 is 0 Å². The van der Waals surface area contributed by atoms with Gasteiger partial charge < -0.3 is 4.90 Å². The molecule has 2 aliphatic heterocycles. The van der Waals surface area contributed by atoms with Crippen LogP contribution < -0.4 is 0 Å². The standard InChI is InChI=1S/C22H31FN6O/c1-17-10-14-27(15-11-17)16-21-24-25-26-29(21)13-3-5-22(30)28-12-2-4-20(28)18-6-8-19(23)9-7-18/h6-9,17,20H,2-5,10-16H2,1H3/t20-/m0/s1. The number of aromatic nitrogens is 4. The molecule has 1 aromatic carbocycles. The van der Waals surface area contributed by atoms with E-state index in [0.29, 0.717) is 19.4 Å². The summed E-state index contributed by atoms with van der Waals surface area (Å²) >= 11 is 0. The Morgan fingerprint density at radius 2 is 1.90 bits per heavy atom. The van der Waals surface area contributed by atoms with Crippen molar-refractivity contribution in [3.63, 3.8) is 0 Å². The van der Waals surface area contributed by atoms with E-state index in [4.69, 9.17) is 0 Å². The quantitative estimate of drug-likeness (QED) is 0.696. The van der Waals surface area contributed by atoms with Crippen LogP contribution in [0, 0.1) is 11.7 Å². The average Bonchev–Trinajstić information content (AvgIpc) is 3.40. The minimum Gasteiger partial charge on any atom is -0.336 e. The molecule has 162 valence electrons. The molecular weight excluding hydrogens is 383 g/mol. The summed E-state index contributed by atoms with van der Waals surface area (Å²) in [6, 6.07) is 6.58. The Labute approximate surface area is 177 Å². The Hall–Kier alpha value is -2.35. The number of likely N-dealkylation sites (tertiary alicyclic amines) is 2. The monoisotopic (exact) mass is 414 g/mol. The number of aryl methyl sites for hydroxylation is 1. The van der Waals surface area contributed by atoms with Crippen LogP contribution in [-0.2, 0) is 17.9 Å². The Bertz CT molecular complexity index is 830. The number of nitrogens with zero attached hydrogens (tertiary/aromatic N) is 6. The van der Waals surface area contributed by atoms with Crippen LogP contribution in [0.15, 0.2) is 24.3 Å². The maximum absolute atomic E-state index is 13.2. The number of halogens is 1. The van der Waals surface area contributed by atoms with Crippen LogP contribution in [0.5, 0.6) is 0 Å². The number of carbonyl (C=O) groups is 1. The van der Waals surface area contributed by atoms with E-state index in [0.717, 1.165) is 56.3 Å². The molecule has 0 radical (unpaired) electrons. The highest BCUT2D eigenvalue weighted by Gasteiger charge is 2.29. The zero-order valence-corrected chi connectivity index (χ0v) is 17.7. The SMILES string of the molecule is CC1CCN(Cc2nnnn2CCCC(=O)N2CCC[C@H]2c2ccc(F)cc2)CC1. The van der Waals surface area contributed by atoms with Crippen LogP contribution in [0.25, 0.3) is 0 Å². The summed E-state index contributed by atoms with van der Waals surface area (Å²) in [6.07, 6.45) is 5.55. The normalized spacial score (nSPS) is 20.7. The first-order valence-electron chi connectivity index (χ1n) is 11.1. The lowest BCUT2D eigenvalue weighted by atomic mass is 9.99. The van der Waals surface area contributed by atoms with Gasteiger partial charge in [-0.1, -0.05) is 19.1 Å². The molecule has 1 aromatic heterocycles. The molecule has 3 heterocycles. The van der Waals surface area contributed by atoms with Crippen molar-refractivity contribution < 1.29 is 9.18 Å². The first-order chi connectivity index (χ1) is 14.6. The van der Waals surface area contributed by atoms with Crippen molar-refractivity contribution in [3.05, 3.63) is 41.5 Å². The van der Waals surface area contributed by atoms with Crippen LogP contribution in [0.3, 0.4) is 0 Å². The van der Waals surface area contributed by atoms with E-state index in [2.05, 4.69) is 27.3 Å². The highest BCUT2D eigenvalue weighted by Crippen LogP contribution is 2.32. The fourth-order valence-corrected chi connectivity index (χ4v) is 4.55. The minimum absolute atomic E-state index is 0.0585. The Morgan fingerprint density at radius 1 is 1.13 bits per heavy atom. The average molecular weight is 415 g/mol. The lowest BCUT2D eigenvalue weighted by Gasteiger charge is -2.29. The number of amides is 1. The number of rotatable bonds is 7. The third-order valence-electron chi connectivity index (χ3n) is 6.44. The van der Waals surface area contributed by atoms with Crippen LogP contribution in [0.4, 0.5) is 4.39 Å². The van der Waals surface area contributed by atoms with Crippen molar-refractivity contribution in [3.8, 4) is 0 Å². The van der Waals surface area contributed by atoms with Gasteiger partial charge in [0, 0.05) is 19.5 Å². The summed E-state index contributed by atoms with van der Waals surface area (Å²) in [4.78, 5) is 17.2. The van der Waals surface area contributed by atoms with E-state index < -0.39 is 0 Å². The highest BCUT2D eigenvalue weighted by atomic mass is 19.1. The highest BCUT2D eigenvalue weighted by molar-refractivity contribution is 5.77. The maximum atomic E-state index is 13.2. The number of carbonyl (C=O) groups excluding carboxylic acids is 1. The Balaban J connectivity index is 1.28. The van der Waals surface area contributed by atoms with Crippen molar-refractivity contribution in [2.24, 2.45) is 5.92 Å². The zero-order chi connectivity index (χ0) is 20.9. The van der Waals surface area contributed by atoms with Crippen LogP contribution in [0.1, 0.15) is 62.9 Å². The molecule has 8 heteroatoms. The molecule has 4 rings (SSSR count). The summed E-state index contributed by atoms with van der Waals surface area (Å²) in [5, 5.41) is 12.2. The van der Waals surface area contributed by atoms with E-state index in [1.165, 1.54) is 25.0 Å². The molecule has 1 amide bonds. The fraction of sp³-hybridized carbons (Fsp3) is 0.636. The summed E-state index contributed by atoms with van der Waals surface area (Å²) in [7, 11) is 0. The van der Waals surface area contributed by atoms with E-state index in [1.54, 1.807) is 12.1 Å². The van der Waals surface area contributed by atoms with Gasteiger partial charge >= 0.3 is 0 Å². The molecule has 2 aromatic rings. The van der Waals surface area contributed by atoms with Crippen LogP contribution in [0.2, 0.25) is 0 Å². The first-order valence-corrected chi connectivity index (χ1v) is 11.1. The van der Waals surface area contributed by atoms with Crippen molar-refractivity contribution in [1.82, 2.24) is 30.0 Å². The van der Waals surface area contributed by atoms with Crippen molar-refractivity contribution in [2.75, 3.05) is 19.6 Å². The van der Waals surface area contributed by atoms with Gasteiger partial charge in [-0.15, -0.1) is 5.10 Å². The second kappa shape index (κ2) is 9.64. The smallest absolute Gasteiger partial charge is 0.223 e. The molecule has 0 N–H and O–H groups in total. The van der Waals surface area contributed by atoms with Gasteiger partial charge in [-0.05, 0) is 79.2 Å². The van der Waals surface area contributed by atoms with Gasteiger partial charge in [0.2, 0.25) is 5.91 Å². The fourth-order valence-electron chi connectivity index (χ4n) is 4.55. The topological polar surface area (TPSA) is 67.2 Å². The Kier molecular flexibility index (Phi) is 6.72. The summed E-state index contributed by atoms with van der Waals surface area (Å²) in [5.41, 5.74) is 1.01. The van der Waals surface area contributed by atoms with Gasteiger partial charge in [0.15, 0.2) is 5.82 Å². The molecule has 0 saturated carbocycles. The minimum atomic E-state index is -0.245. The predicted molar refractivity (Wildman–Crippen MR) is 111 cm³/mol. The predicted octanol–water partition coefficient (Wildman–Crippen LogP) is 3.19. The van der Waals surface area contributed by atoms with E-state index in [1.807, 2.05) is 9.58 Å². The number of hydrogen-bond acceptors (Lipinski definition) is 5. The molecule has 0 unspecified atom stereocenters. The van der Waals surface area contributed by atoms with Gasteiger partial charge in [0.25, 0.3) is 0 Å². The van der Waals surface area contributed by atoms with Gasteiger partial charge in [-0.3, -0.25) is 9.69 Å². The van der Waals surface area contributed by atoms with Gasteiger partial charge in [-0.2, -0.15) is 0 Å². The van der Waals surface area contributed by atoms with Gasteiger partial charge in [-0.25, -0.2) is 9.07 Å². The number of hydrogen-bond donors (Lipinski definition) is 0. The lowest BCUT2D eigenvalue weighted by molar-refractivity contribution is -0.132. The lowest BCUT2D eigenvalue weighted by Crippen LogP contribution is -2.33. The second-order valence-electron chi connectivity index (χ2n) is 8.68. The van der Waals surface area contributed by atoms with Crippen molar-refractivity contribution >= 4 is 5.91 Å². The number of tetrazole rings is 1. The molecule has 30 heavy (non-hydrogen) atoms. The third kappa shape index (κ3) is 5.03. The zero-order valence-electron chi connectivity index (χ0n) is 17.7.